The van der Waals surface area contributed by atoms with Crippen LogP contribution in [-0.2, 0) is 13.0 Å². The van der Waals surface area contributed by atoms with Crippen molar-refractivity contribution in [1.29, 1.82) is 0 Å². The molecule has 2 aromatic heterocycles. The zero-order chi connectivity index (χ0) is 16.9. The first-order valence-corrected chi connectivity index (χ1v) is 8.80. The molecule has 0 saturated carbocycles. The van der Waals surface area contributed by atoms with E-state index in [9.17, 15) is 4.39 Å². The largest absolute Gasteiger partial charge is 0.361 e. The van der Waals surface area contributed by atoms with Crippen LogP contribution in [0.2, 0.25) is 0 Å². The number of hydrogen-bond acceptors (Lipinski definition) is 2. The van der Waals surface area contributed by atoms with Gasteiger partial charge in [-0.1, -0.05) is 0 Å². The molecule has 1 aromatic carbocycles. The maximum absolute atomic E-state index is 13.4. The van der Waals surface area contributed by atoms with E-state index in [0.717, 1.165) is 41.9 Å². The highest BCUT2D eigenvalue weighted by Gasteiger charge is 2.08. The van der Waals surface area contributed by atoms with Crippen molar-refractivity contribution in [2.75, 3.05) is 20.6 Å². The molecule has 0 aliphatic carbocycles. The minimum absolute atomic E-state index is 0. The molecule has 3 rings (SSSR count). The molecule has 0 atom stereocenters. The van der Waals surface area contributed by atoms with E-state index in [-0.39, 0.29) is 29.8 Å². The molecular formula is C18H22FIN4S. The predicted molar refractivity (Wildman–Crippen MR) is 115 cm³/mol. The van der Waals surface area contributed by atoms with E-state index in [1.165, 1.54) is 11.6 Å². The van der Waals surface area contributed by atoms with Gasteiger partial charge in [0, 0.05) is 44.3 Å². The van der Waals surface area contributed by atoms with Gasteiger partial charge in [-0.3, -0.25) is 4.99 Å². The molecule has 0 aliphatic rings. The zero-order valence-corrected chi connectivity index (χ0v) is 17.4. The lowest BCUT2D eigenvalue weighted by atomic mass is 10.1. The zero-order valence-electron chi connectivity index (χ0n) is 14.3. The predicted octanol–water partition coefficient (Wildman–Crippen LogP) is 4.24. The fraction of sp³-hybridized carbons (Fsp3) is 0.278. The average molecular weight is 472 g/mol. The van der Waals surface area contributed by atoms with Gasteiger partial charge < -0.3 is 15.2 Å². The SMILES string of the molecule is CN=C(NCCc1c[nH]c2ccc(F)cc12)N(C)Cc1ccsc1.I. The van der Waals surface area contributed by atoms with Crippen molar-refractivity contribution in [3.63, 3.8) is 0 Å². The standard InChI is InChI=1S/C18H21FN4S.HI/c1-20-18(23(2)11-13-6-8-24-12-13)21-7-5-14-10-22-17-4-3-15(19)9-16(14)17;/h3-4,6,8-10,12,22H,5,7,11H2,1-2H3,(H,20,21);1H. The molecule has 0 spiro atoms. The molecule has 0 unspecified atom stereocenters. The van der Waals surface area contributed by atoms with Gasteiger partial charge in [0.05, 0.1) is 0 Å². The third-order valence-corrected chi connectivity index (χ3v) is 4.71. The smallest absolute Gasteiger partial charge is 0.193 e. The molecule has 25 heavy (non-hydrogen) atoms. The van der Waals surface area contributed by atoms with E-state index in [0.29, 0.717) is 0 Å². The number of fused-ring (bicyclic) bond motifs is 1. The molecule has 4 nitrogen and oxygen atoms in total. The van der Waals surface area contributed by atoms with Gasteiger partial charge in [-0.2, -0.15) is 11.3 Å². The van der Waals surface area contributed by atoms with Gasteiger partial charge in [-0.05, 0) is 52.6 Å². The van der Waals surface area contributed by atoms with Gasteiger partial charge in [0.1, 0.15) is 5.82 Å². The van der Waals surface area contributed by atoms with Crippen LogP contribution in [0.15, 0.2) is 46.2 Å². The highest BCUT2D eigenvalue weighted by molar-refractivity contribution is 14.0. The second kappa shape index (κ2) is 9.19. The number of thiophene rings is 1. The number of aromatic amines is 1. The fourth-order valence-corrected chi connectivity index (χ4v) is 3.44. The first-order valence-electron chi connectivity index (χ1n) is 7.85. The molecule has 3 aromatic rings. The van der Waals surface area contributed by atoms with Crippen LogP contribution in [0.4, 0.5) is 4.39 Å². The van der Waals surface area contributed by atoms with Crippen LogP contribution in [0.5, 0.6) is 0 Å². The molecule has 134 valence electrons. The molecule has 2 heterocycles. The van der Waals surface area contributed by atoms with Gasteiger partial charge in [-0.15, -0.1) is 24.0 Å². The van der Waals surface area contributed by atoms with E-state index in [2.05, 4.69) is 37.0 Å². The number of rotatable bonds is 5. The number of benzene rings is 1. The number of halogens is 2. The molecule has 0 radical (unpaired) electrons. The normalized spacial score (nSPS) is 11.4. The van der Waals surface area contributed by atoms with E-state index < -0.39 is 0 Å². The van der Waals surface area contributed by atoms with Crippen molar-refractivity contribution in [3.05, 3.63) is 58.2 Å². The first-order chi connectivity index (χ1) is 11.7. The number of H-pyrrole nitrogens is 1. The molecule has 0 saturated heterocycles. The highest BCUT2D eigenvalue weighted by atomic mass is 127. The van der Waals surface area contributed by atoms with Crippen molar-refractivity contribution >= 4 is 52.2 Å². The first kappa shape index (κ1) is 19.7. The second-order valence-electron chi connectivity index (χ2n) is 5.72. The molecule has 0 bridgehead atoms. The Hall–Kier alpha value is -1.61. The van der Waals surface area contributed by atoms with Gasteiger partial charge in [0.15, 0.2) is 5.96 Å². The Morgan fingerprint density at radius 3 is 2.92 bits per heavy atom. The number of nitrogens with one attached hydrogen (secondary N) is 2. The monoisotopic (exact) mass is 472 g/mol. The van der Waals surface area contributed by atoms with E-state index >= 15 is 0 Å². The Labute approximate surface area is 168 Å². The van der Waals surface area contributed by atoms with Crippen LogP contribution in [0, 0.1) is 5.82 Å². The van der Waals surface area contributed by atoms with E-state index in [1.807, 2.05) is 13.2 Å². The molecule has 7 heteroatoms. The van der Waals surface area contributed by atoms with Gasteiger partial charge in [0.2, 0.25) is 0 Å². The van der Waals surface area contributed by atoms with Crippen LogP contribution < -0.4 is 5.32 Å². The molecule has 0 amide bonds. The summed E-state index contributed by atoms with van der Waals surface area (Å²) in [6.45, 7) is 1.56. The molecule has 2 N–H and O–H groups in total. The number of aliphatic imine (C=N–C) groups is 1. The summed E-state index contributed by atoms with van der Waals surface area (Å²) in [5, 5.41) is 8.54. The summed E-state index contributed by atoms with van der Waals surface area (Å²) >= 11 is 1.70. The van der Waals surface area contributed by atoms with E-state index in [4.69, 9.17) is 0 Å². The third kappa shape index (κ3) is 4.94. The highest BCUT2D eigenvalue weighted by Crippen LogP contribution is 2.19. The average Bonchev–Trinajstić information content (AvgIpc) is 3.21. The maximum Gasteiger partial charge on any atom is 0.193 e. The van der Waals surface area contributed by atoms with Crippen LogP contribution in [0.25, 0.3) is 10.9 Å². The number of hydrogen-bond donors (Lipinski definition) is 2. The maximum atomic E-state index is 13.4. The van der Waals surface area contributed by atoms with Crippen molar-refractivity contribution in [2.45, 2.75) is 13.0 Å². The summed E-state index contributed by atoms with van der Waals surface area (Å²) in [6, 6.07) is 6.95. The summed E-state index contributed by atoms with van der Waals surface area (Å²) in [5.41, 5.74) is 3.34. The van der Waals surface area contributed by atoms with Gasteiger partial charge in [0.25, 0.3) is 0 Å². The lowest BCUT2D eigenvalue weighted by molar-refractivity contribution is 0.478. The van der Waals surface area contributed by atoms with Crippen LogP contribution in [-0.4, -0.2) is 36.5 Å². The number of guanidine groups is 1. The summed E-state index contributed by atoms with van der Waals surface area (Å²) < 4.78 is 13.4. The molecule has 0 aliphatic heterocycles. The summed E-state index contributed by atoms with van der Waals surface area (Å²) in [6.07, 6.45) is 2.75. The minimum Gasteiger partial charge on any atom is -0.361 e. The van der Waals surface area contributed by atoms with Crippen molar-refractivity contribution in [2.24, 2.45) is 4.99 Å². The molecule has 0 fully saturated rings. The van der Waals surface area contributed by atoms with Gasteiger partial charge >= 0.3 is 0 Å². The van der Waals surface area contributed by atoms with Crippen LogP contribution in [0.1, 0.15) is 11.1 Å². The topological polar surface area (TPSA) is 43.4 Å². The van der Waals surface area contributed by atoms with Crippen LogP contribution >= 0.6 is 35.3 Å². The summed E-state index contributed by atoms with van der Waals surface area (Å²) in [5.74, 6) is 0.648. The van der Waals surface area contributed by atoms with Crippen molar-refractivity contribution in [1.82, 2.24) is 15.2 Å². The lowest BCUT2D eigenvalue weighted by Crippen LogP contribution is -2.39. The van der Waals surface area contributed by atoms with Crippen molar-refractivity contribution in [3.8, 4) is 0 Å². The lowest BCUT2D eigenvalue weighted by Gasteiger charge is -2.21. The Bertz CT molecular complexity index is 829. The quantitative estimate of drug-likeness (QED) is 0.332. The summed E-state index contributed by atoms with van der Waals surface area (Å²) in [7, 11) is 3.81. The molecular weight excluding hydrogens is 450 g/mol. The van der Waals surface area contributed by atoms with Crippen LogP contribution in [0.3, 0.4) is 0 Å². The Morgan fingerprint density at radius 2 is 2.20 bits per heavy atom. The Morgan fingerprint density at radius 1 is 1.36 bits per heavy atom. The Kier molecular flexibility index (Phi) is 7.24. The third-order valence-electron chi connectivity index (χ3n) is 3.98. The fourth-order valence-electron chi connectivity index (χ4n) is 2.78. The minimum atomic E-state index is -0.206. The number of nitrogens with zero attached hydrogens (tertiary/aromatic N) is 2. The van der Waals surface area contributed by atoms with E-state index in [1.54, 1.807) is 30.5 Å². The second-order valence-corrected chi connectivity index (χ2v) is 6.50. The Balaban J connectivity index is 0.00000225. The number of aromatic nitrogens is 1. The van der Waals surface area contributed by atoms with Crippen molar-refractivity contribution < 1.29 is 4.39 Å². The van der Waals surface area contributed by atoms with Gasteiger partial charge in [-0.25, -0.2) is 4.39 Å². The summed E-state index contributed by atoms with van der Waals surface area (Å²) in [4.78, 5) is 9.61.